The van der Waals surface area contributed by atoms with Crippen LogP contribution < -0.4 is 29.6 Å². The highest BCUT2D eigenvalue weighted by atomic mass is 32.2. The summed E-state index contributed by atoms with van der Waals surface area (Å²) < 4.78 is 53.8. The average Bonchev–Trinajstić information content (AvgIpc) is 3.54. The number of nitrogens with one attached hydrogen (secondary N) is 2. The van der Waals surface area contributed by atoms with Crippen molar-refractivity contribution in [2.45, 2.75) is 17.7 Å². The number of hydrogen-bond acceptors (Lipinski definition) is 9. The summed E-state index contributed by atoms with van der Waals surface area (Å²) in [4.78, 5) is 24.5. The molecule has 2 heterocycles. The van der Waals surface area contributed by atoms with Crippen LogP contribution in [0.1, 0.15) is 5.56 Å². The Hall–Kier alpha value is -3.55. The summed E-state index contributed by atoms with van der Waals surface area (Å²) in [7, 11) is -1.11. The number of rotatable bonds is 8. The van der Waals surface area contributed by atoms with Gasteiger partial charge in [0, 0.05) is 19.2 Å². The molecule has 0 saturated carbocycles. The Morgan fingerprint density at radius 1 is 1.00 bits per heavy atom. The molecule has 0 aromatic heterocycles. The average molecular weight is 508 g/mol. The lowest BCUT2D eigenvalue weighted by Crippen LogP contribution is -2.47. The van der Waals surface area contributed by atoms with Gasteiger partial charge in [0.2, 0.25) is 16.8 Å². The minimum absolute atomic E-state index is 0.0153. The Morgan fingerprint density at radius 2 is 1.74 bits per heavy atom. The molecule has 2 N–H and O–H groups in total. The van der Waals surface area contributed by atoms with Gasteiger partial charge in [0.25, 0.3) is 0 Å². The predicted molar refractivity (Wildman–Crippen MR) is 121 cm³/mol. The zero-order valence-electron chi connectivity index (χ0n) is 19.1. The largest absolute Gasteiger partial charge is 0.493 e. The highest BCUT2D eigenvalue weighted by Crippen LogP contribution is 2.33. The molecule has 13 heteroatoms. The van der Waals surface area contributed by atoms with E-state index in [1.807, 2.05) is 0 Å². The maximum absolute atomic E-state index is 13.2. The van der Waals surface area contributed by atoms with Crippen LogP contribution in [0.3, 0.4) is 0 Å². The zero-order valence-corrected chi connectivity index (χ0v) is 19.9. The fraction of sp³-hybridized carbons (Fsp3) is 0.364. The standard InChI is InChI=1S/C22H25N3O9S/c1-30-16-6-4-15(10-18(16)31-2)35(28,29)25-7-8-32-20(25)12-24-22(27)21(26)23-11-14-3-5-17-19(9-14)34-13-33-17/h3-6,9-10,20H,7-8,11-13H2,1-2H3,(H,23,26)(H,24,27)/t20-/m0/s1. The van der Waals surface area contributed by atoms with Crippen molar-refractivity contribution < 1.29 is 41.7 Å². The van der Waals surface area contributed by atoms with Crippen LogP contribution in [-0.2, 0) is 30.9 Å². The molecule has 0 spiro atoms. The molecule has 2 amide bonds. The Labute approximate surface area is 202 Å². The molecule has 1 fully saturated rings. The normalized spacial score (nSPS) is 17.1. The quantitative estimate of drug-likeness (QED) is 0.480. The molecule has 1 saturated heterocycles. The van der Waals surface area contributed by atoms with Crippen LogP contribution in [0.5, 0.6) is 23.0 Å². The molecule has 2 aromatic carbocycles. The lowest BCUT2D eigenvalue weighted by atomic mass is 10.2. The van der Waals surface area contributed by atoms with Gasteiger partial charge >= 0.3 is 11.8 Å². The van der Waals surface area contributed by atoms with Crippen molar-refractivity contribution in [3.63, 3.8) is 0 Å². The van der Waals surface area contributed by atoms with Crippen molar-refractivity contribution >= 4 is 21.8 Å². The van der Waals surface area contributed by atoms with Gasteiger partial charge in [0.15, 0.2) is 23.0 Å². The van der Waals surface area contributed by atoms with E-state index in [0.717, 1.165) is 9.87 Å². The van der Waals surface area contributed by atoms with Crippen molar-refractivity contribution in [3.05, 3.63) is 42.0 Å². The molecule has 2 aliphatic heterocycles. The Morgan fingerprint density at radius 3 is 2.51 bits per heavy atom. The van der Waals surface area contributed by atoms with Gasteiger partial charge < -0.3 is 34.3 Å². The Bertz CT molecular complexity index is 1220. The number of fused-ring (bicyclic) bond motifs is 1. The molecule has 2 aromatic rings. The SMILES string of the molecule is COc1ccc(S(=O)(=O)N2CCO[C@H]2CNC(=O)C(=O)NCc2ccc3c(c2)OCO3)cc1OC. The van der Waals surface area contributed by atoms with Gasteiger partial charge in [0.05, 0.1) is 32.3 Å². The minimum atomic E-state index is -3.97. The molecule has 4 rings (SSSR count). The monoisotopic (exact) mass is 507 g/mol. The second-order valence-electron chi connectivity index (χ2n) is 7.54. The van der Waals surface area contributed by atoms with Gasteiger partial charge in [-0.25, -0.2) is 8.42 Å². The van der Waals surface area contributed by atoms with Gasteiger partial charge in [0.1, 0.15) is 6.23 Å². The number of amides is 2. The number of sulfonamides is 1. The third-order valence-electron chi connectivity index (χ3n) is 5.44. The predicted octanol–water partition coefficient (Wildman–Crippen LogP) is 0.212. The summed E-state index contributed by atoms with van der Waals surface area (Å²) in [5.41, 5.74) is 0.724. The molecule has 35 heavy (non-hydrogen) atoms. The van der Waals surface area contributed by atoms with Crippen LogP contribution in [0.15, 0.2) is 41.3 Å². The zero-order chi connectivity index (χ0) is 25.0. The maximum atomic E-state index is 13.2. The summed E-state index contributed by atoms with van der Waals surface area (Å²) in [6.07, 6.45) is -0.973. The number of nitrogens with zero attached hydrogens (tertiary/aromatic N) is 1. The highest BCUT2D eigenvalue weighted by molar-refractivity contribution is 7.89. The number of carbonyl (C=O) groups is 2. The molecule has 2 aliphatic rings. The highest BCUT2D eigenvalue weighted by Gasteiger charge is 2.37. The van der Waals surface area contributed by atoms with Crippen LogP contribution in [0.4, 0.5) is 0 Å². The first-order chi connectivity index (χ1) is 16.8. The third-order valence-corrected chi connectivity index (χ3v) is 7.32. The molecule has 0 bridgehead atoms. The smallest absolute Gasteiger partial charge is 0.309 e. The Balaban J connectivity index is 1.34. The number of carbonyl (C=O) groups excluding carboxylic acids is 2. The maximum Gasteiger partial charge on any atom is 0.309 e. The van der Waals surface area contributed by atoms with Gasteiger partial charge in [-0.1, -0.05) is 6.07 Å². The molecule has 1 atom stereocenters. The van der Waals surface area contributed by atoms with Gasteiger partial charge in [-0.2, -0.15) is 4.31 Å². The number of benzene rings is 2. The molecule has 0 radical (unpaired) electrons. The summed E-state index contributed by atoms with van der Waals surface area (Å²) in [5, 5.41) is 4.94. The van der Waals surface area contributed by atoms with Gasteiger partial charge in [-0.3, -0.25) is 9.59 Å². The topological polar surface area (TPSA) is 142 Å². The van der Waals surface area contributed by atoms with Crippen LogP contribution in [0.25, 0.3) is 0 Å². The molecular formula is C22H25N3O9S. The molecule has 0 aliphatic carbocycles. The number of ether oxygens (including phenoxy) is 5. The van der Waals surface area contributed by atoms with Crippen LogP contribution in [0.2, 0.25) is 0 Å². The van der Waals surface area contributed by atoms with E-state index in [0.29, 0.717) is 17.2 Å². The van der Waals surface area contributed by atoms with E-state index in [2.05, 4.69) is 10.6 Å². The fourth-order valence-electron chi connectivity index (χ4n) is 3.63. The van der Waals surface area contributed by atoms with E-state index in [1.165, 1.54) is 32.4 Å². The van der Waals surface area contributed by atoms with E-state index in [1.54, 1.807) is 18.2 Å². The molecule has 188 valence electrons. The summed E-state index contributed by atoms with van der Waals surface area (Å²) in [6.45, 7) is 0.262. The van der Waals surface area contributed by atoms with Crippen molar-refractivity contribution in [2.75, 3.05) is 40.7 Å². The van der Waals surface area contributed by atoms with Gasteiger partial charge in [-0.05, 0) is 29.8 Å². The Kier molecular flexibility index (Phi) is 7.28. The van der Waals surface area contributed by atoms with Crippen LogP contribution in [-0.4, -0.2) is 71.5 Å². The first-order valence-electron chi connectivity index (χ1n) is 10.6. The fourth-order valence-corrected chi connectivity index (χ4v) is 5.15. The van der Waals surface area contributed by atoms with Crippen molar-refractivity contribution in [3.8, 4) is 23.0 Å². The lowest BCUT2D eigenvalue weighted by Gasteiger charge is -2.23. The lowest BCUT2D eigenvalue weighted by molar-refractivity contribution is -0.139. The minimum Gasteiger partial charge on any atom is -0.493 e. The molecule has 12 nitrogen and oxygen atoms in total. The molecule has 0 unspecified atom stereocenters. The second kappa shape index (κ2) is 10.4. The third kappa shape index (κ3) is 5.26. The van der Waals surface area contributed by atoms with Crippen LogP contribution >= 0.6 is 0 Å². The van der Waals surface area contributed by atoms with Crippen LogP contribution in [0, 0.1) is 0 Å². The summed E-state index contributed by atoms with van der Waals surface area (Å²) >= 11 is 0. The molecular weight excluding hydrogens is 482 g/mol. The summed E-state index contributed by atoms with van der Waals surface area (Å²) in [5.74, 6) is 0.0503. The van der Waals surface area contributed by atoms with E-state index < -0.39 is 28.1 Å². The first-order valence-corrected chi connectivity index (χ1v) is 12.1. The van der Waals surface area contributed by atoms with Crippen molar-refractivity contribution in [1.29, 1.82) is 0 Å². The van der Waals surface area contributed by atoms with E-state index in [9.17, 15) is 18.0 Å². The first kappa shape index (κ1) is 24.6. The van der Waals surface area contributed by atoms with E-state index in [4.69, 9.17) is 23.7 Å². The van der Waals surface area contributed by atoms with Gasteiger partial charge in [-0.15, -0.1) is 0 Å². The van der Waals surface area contributed by atoms with E-state index in [-0.39, 0.29) is 43.7 Å². The van der Waals surface area contributed by atoms with Crippen molar-refractivity contribution in [1.82, 2.24) is 14.9 Å². The van der Waals surface area contributed by atoms with E-state index >= 15 is 0 Å². The summed E-state index contributed by atoms with van der Waals surface area (Å²) in [6, 6.07) is 9.41. The number of hydrogen-bond donors (Lipinski definition) is 2. The van der Waals surface area contributed by atoms with Crippen molar-refractivity contribution in [2.24, 2.45) is 0 Å². The number of methoxy groups -OCH3 is 2. The second-order valence-corrected chi connectivity index (χ2v) is 9.43.